The normalized spacial score (nSPS) is 18.3. The van der Waals surface area contributed by atoms with E-state index in [1.165, 1.54) is 28.8 Å². The first-order valence-corrected chi connectivity index (χ1v) is 13.1. The van der Waals surface area contributed by atoms with Crippen molar-refractivity contribution in [1.29, 1.82) is 0 Å². The number of carbonyl (C=O) groups is 4. The molecule has 9 heteroatoms. The minimum Gasteiger partial charge on any atom is -0.448 e. The van der Waals surface area contributed by atoms with Crippen LogP contribution >= 0.6 is 11.8 Å². The molecule has 1 fully saturated rings. The molecule has 186 valence electrons. The number of hydrogen-bond acceptors (Lipinski definition) is 7. The van der Waals surface area contributed by atoms with Crippen molar-refractivity contribution in [3.8, 4) is 11.1 Å². The number of rotatable bonds is 4. The second-order valence-corrected chi connectivity index (χ2v) is 10.1. The minimum atomic E-state index is -0.971. The largest absolute Gasteiger partial charge is 0.448 e. The van der Waals surface area contributed by atoms with Gasteiger partial charge in [0.15, 0.2) is 0 Å². The summed E-state index contributed by atoms with van der Waals surface area (Å²) in [6.45, 7) is 0.119. The molecule has 6 rings (SSSR count). The van der Waals surface area contributed by atoms with Crippen LogP contribution in [0, 0.1) is 0 Å². The van der Waals surface area contributed by atoms with Crippen LogP contribution in [-0.4, -0.2) is 58.1 Å². The lowest BCUT2D eigenvalue weighted by Crippen LogP contribution is -2.50. The van der Waals surface area contributed by atoms with Gasteiger partial charge in [-0.1, -0.05) is 65.7 Å². The van der Waals surface area contributed by atoms with Crippen LogP contribution in [0.5, 0.6) is 0 Å². The number of benzene rings is 3. The third-order valence-corrected chi connectivity index (χ3v) is 7.91. The molecule has 0 aromatic heterocycles. The number of hydroxylamine groups is 2. The maximum atomic E-state index is 13.2. The summed E-state index contributed by atoms with van der Waals surface area (Å²) in [5, 5.41) is 0.477. The lowest BCUT2D eigenvalue weighted by Gasteiger charge is -2.33. The van der Waals surface area contributed by atoms with Crippen molar-refractivity contribution in [3.05, 3.63) is 95.1 Å². The molecule has 3 aliphatic rings. The maximum Gasteiger partial charge on any atom is 0.411 e. The van der Waals surface area contributed by atoms with Crippen LogP contribution in [-0.2, 0) is 14.4 Å². The number of hydrogen-bond donors (Lipinski definition) is 0. The van der Waals surface area contributed by atoms with Crippen molar-refractivity contribution < 1.29 is 28.8 Å². The number of fused-ring (bicyclic) bond motifs is 4. The highest BCUT2D eigenvalue weighted by Crippen LogP contribution is 2.44. The van der Waals surface area contributed by atoms with E-state index in [-0.39, 0.29) is 29.5 Å². The number of carbonyl (C=O) groups excluding carboxylic acids is 4. The molecule has 3 aromatic rings. The molecule has 3 aromatic carbocycles. The molecule has 1 saturated heterocycles. The summed E-state index contributed by atoms with van der Waals surface area (Å²) in [6.07, 6.45) is -0.324. The van der Waals surface area contributed by atoms with Crippen molar-refractivity contribution in [2.75, 3.05) is 18.2 Å². The van der Waals surface area contributed by atoms with Crippen molar-refractivity contribution in [3.63, 3.8) is 0 Å². The van der Waals surface area contributed by atoms with Gasteiger partial charge in [0.1, 0.15) is 12.6 Å². The molecule has 1 atom stereocenters. The van der Waals surface area contributed by atoms with E-state index >= 15 is 0 Å². The third kappa shape index (κ3) is 3.95. The zero-order valence-corrected chi connectivity index (χ0v) is 20.5. The van der Waals surface area contributed by atoms with E-state index in [1.54, 1.807) is 12.1 Å². The first kappa shape index (κ1) is 23.3. The van der Waals surface area contributed by atoms with Gasteiger partial charge in [-0.2, -0.15) is 0 Å². The van der Waals surface area contributed by atoms with Crippen LogP contribution in [0.4, 0.5) is 4.79 Å². The van der Waals surface area contributed by atoms with Gasteiger partial charge >= 0.3 is 12.1 Å². The Morgan fingerprint density at radius 3 is 1.95 bits per heavy atom. The van der Waals surface area contributed by atoms with Gasteiger partial charge in [0.2, 0.25) is 0 Å². The lowest BCUT2D eigenvalue weighted by atomic mass is 9.98. The van der Waals surface area contributed by atoms with Gasteiger partial charge in [0.25, 0.3) is 11.8 Å². The smallest absolute Gasteiger partial charge is 0.411 e. The predicted molar refractivity (Wildman–Crippen MR) is 136 cm³/mol. The van der Waals surface area contributed by atoms with Crippen LogP contribution in [0.3, 0.4) is 0 Å². The minimum absolute atomic E-state index is 0.113. The van der Waals surface area contributed by atoms with Crippen LogP contribution in [0.2, 0.25) is 0 Å². The van der Waals surface area contributed by atoms with Gasteiger partial charge < -0.3 is 9.57 Å². The second-order valence-electron chi connectivity index (χ2n) is 8.98. The topological polar surface area (TPSA) is 93.2 Å². The zero-order valence-electron chi connectivity index (χ0n) is 19.7. The van der Waals surface area contributed by atoms with Gasteiger partial charge in [-0.15, -0.1) is 11.8 Å². The standard InChI is InChI=1S/C28H22N2O6S/c31-25-21-11-5-6-12-22(21)26(32)30(25)36-27(33)24-13-14-37-16-29(24)28(34)35-15-23-19-9-3-1-7-17(19)18-8-2-4-10-20(18)23/h1-12,23-24H,13-16H2. The number of thioether (sulfide) groups is 1. The van der Waals surface area contributed by atoms with E-state index in [0.29, 0.717) is 17.2 Å². The maximum absolute atomic E-state index is 13.2. The molecule has 2 heterocycles. The van der Waals surface area contributed by atoms with Crippen LogP contribution in [0.1, 0.15) is 44.2 Å². The SMILES string of the molecule is O=C(ON1C(=O)c2ccccc2C1=O)C1CCSCN1C(=O)OCC1c2ccccc2-c2ccccc21. The molecule has 0 radical (unpaired) electrons. The van der Waals surface area contributed by atoms with Crippen LogP contribution in [0.25, 0.3) is 11.1 Å². The predicted octanol–water partition coefficient (Wildman–Crippen LogP) is 4.45. The third-order valence-electron chi connectivity index (χ3n) is 6.92. The highest BCUT2D eigenvalue weighted by atomic mass is 32.2. The number of nitrogens with zero attached hydrogens (tertiary/aromatic N) is 2. The fourth-order valence-electron chi connectivity index (χ4n) is 5.11. The summed E-state index contributed by atoms with van der Waals surface area (Å²) in [4.78, 5) is 58.0. The molecule has 37 heavy (non-hydrogen) atoms. The highest BCUT2D eigenvalue weighted by Gasteiger charge is 2.42. The molecule has 0 N–H and O–H groups in total. The molecule has 2 aliphatic heterocycles. The molecule has 0 bridgehead atoms. The van der Waals surface area contributed by atoms with Gasteiger partial charge in [-0.25, -0.2) is 9.59 Å². The number of amides is 3. The van der Waals surface area contributed by atoms with Gasteiger partial charge in [-0.3, -0.25) is 14.5 Å². The Morgan fingerprint density at radius 2 is 1.35 bits per heavy atom. The Morgan fingerprint density at radius 1 is 0.811 bits per heavy atom. The van der Waals surface area contributed by atoms with E-state index in [1.807, 2.05) is 36.4 Å². The van der Waals surface area contributed by atoms with E-state index in [2.05, 4.69) is 12.1 Å². The Balaban J connectivity index is 1.16. The molecule has 8 nitrogen and oxygen atoms in total. The summed E-state index contributed by atoms with van der Waals surface area (Å²) in [6, 6.07) is 21.4. The van der Waals surface area contributed by atoms with E-state index in [0.717, 1.165) is 22.3 Å². The number of imide groups is 1. The quantitative estimate of drug-likeness (QED) is 0.475. The van der Waals surface area contributed by atoms with E-state index < -0.39 is 29.9 Å². The summed E-state index contributed by atoms with van der Waals surface area (Å²) < 4.78 is 5.74. The molecular weight excluding hydrogens is 492 g/mol. The molecule has 0 saturated carbocycles. The first-order chi connectivity index (χ1) is 18.0. The molecule has 1 aliphatic carbocycles. The van der Waals surface area contributed by atoms with Crippen molar-refractivity contribution >= 4 is 35.6 Å². The summed E-state index contributed by atoms with van der Waals surface area (Å²) >= 11 is 1.49. The van der Waals surface area contributed by atoms with E-state index in [9.17, 15) is 19.2 Å². The van der Waals surface area contributed by atoms with Gasteiger partial charge in [0, 0.05) is 5.92 Å². The number of ether oxygens (including phenoxy) is 1. The van der Waals surface area contributed by atoms with Crippen molar-refractivity contribution in [2.24, 2.45) is 0 Å². The van der Waals surface area contributed by atoms with Gasteiger partial charge in [0.05, 0.1) is 17.0 Å². The molecule has 3 amide bonds. The first-order valence-electron chi connectivity index (χ1n) is 11.9. The average molecular weight is 515 g/mol. The van der Waals surface area contributed by atoms with Crippen molar-refractivity contribution in [2.45, 2.75) is 18.4 Å². The Bertz CT molecular complexity index is 1360. The average Bonchev–Trinajstić information content (AvgIpc) is 3.39. The fourth-order valence-corrected chi connectivity index (χ4v) is 6.11. The molecular formula is C28H22N2O6S. The monoisotopic (exact) mass is 514 g/mol. The highest BCUT2D eigenvalue weighted by molar-refractivity contribution is 7.99. The van der Waals surface area contributed by atoms with Crippen molar-refractivity contribution in [1.82, 2.24) is 9.96 Å². The fraction of sp³-hybridized carbons (Fsp3) is 0.214. The zero-order chi connectivity index (χ0) is 25.5. The lowest BCUT2D eigenvalue weighted by molar-refractivity contribution is -0.174. The summed E-state index contributed by atoms with van der Waals surface area (Å²) in [5.74, 6) is -1.51. The summed E-state index contributed by atoms with van der Waals surface area (Å²) in [7, 11) is 0. The Hall–Kier alpha value is -4.11. The molecule has 1 unspecified atom stereocenters. The van der Waals surface area contributed by atoms with E-state index in [4.69, 9.17) is 9.57 Å². The van der Waals surface area contributed by atoms with Crippen LogP contribution < -0.4 is 0 Å². The Kier molecular flexibility index (Phi) is 5.92. The van der Waals surface area contributed by atoms with Gasteiger partial charge in [-0.05, 0) is 46.6 Å². The Labute approximate surface area is 217 Å². The second kappa shape index (κ2) is 9.40. The summed E-state index contributed by atoms with van der Waals surface area (Å²) in [5.41, 5.74) is 4.77. The van der Waals surface area contributed by atoms with Crippen LogP contribution in [0.15, 0.2) is 72.8 Å². The molecule has 0 spiro atoms.